The lowest BCUT2D eigenvalue weighted by molar-refractivity contribution is 0.118. The lowest BCUT2D eigenvalue weighted by Crippen LogP contribution is -2.46. The Morgan fingerprint density at radius 1 is 1.12 bits per heavy atom. The van der Waals surface area contributed by atoms with E-state index in [0.29, 0.717) is 41.1 Å². The molecule has 216 valence electrons. The second-order valence-electron chi connectivity index (χ2n) is 11.1. The van der Waals surface area contributed by atoms with Crippen molar-refractivity contribution in [3.8, 4) is 0 Å². The molecule has 1 aromatic heterocycles. The number of anilines is 2. The van der Waals surface area contributed by atoms with Gasteiger partial charge in [-0.25, -0.2) is 14.2 Å². The van der Waals surface area contributed by atoms with E-state index < -0.39 is 0 Å². The van der Waals surface area contributed by atoms with Gasteiger partial charge in [0.1, 0.15) is 17.9 Å². The Balaban J connectivity index is 1.10. The van der Waals surface area contributed by atoms with Crippen LogP contribution in [0, 0.1) is 12.7 Å². The van der Waals surface area contributed by atoms with Crippen LogP contribution in [0.5, 0.6) is 0 Å². The number of aromatic nitrogens is 2. The second-order valence-corrected chi connectivity index (χ2v) is 12.5. The molecule has 1 N–H and O–H groups in total. The molecule has 1 saturated heterocycles. The van der Waals surface area contributed by atoms with Crippen LogP contribution >= 0.6 is 11.6 Å². The average molecular weight is 596 g/mol. The van der Waals surface area contributed by atoms with Crippen molar-refractivity contribution >= 4 is 41.0 Å². The van der Waals surface area contributed by atoms with E-state index in [1.807, 2.05) is 0 Å². The molecular formula is C31H37ClFN6OS+. The van der Waals surface area contributed by atoms with Gasteiger partial charge in [0.2, 0.25) is 0 Å². The van der Waals surface area contributed by atoms with Crippen molar-refractivity contribution in [2.75, 3.05) is 36.1 Å². The normalized spacial score (nSPS) is 22.1. The summed E-state index contributed by atoms with van der Waals surface area (Å²) < 4.78 is 18.6. The van der Waals surface area contributed by atoms with Gasteiger partial charge < -0.3 is 9.88 Å². The van der Waals surface area contributed by atoms with Crippen molar-refractivity contribution in [1.82, 2.24) is 18.8 Å². The number of thiol groups is 1. The first-order chi connectivity index (χ1) is 19.9. The number of imidazole rings is 1. The number of halogens is 2. The molecular weight excluding hydrogens is 559 g/mol. The first-order valence-corrected chi connectivity index (χ1v) is 16.0. The molecule has 0 spiro atoms. The Bertz CT molecular complexity index is 1400. The number of piperidine rings is 1. The first kappa shape index (κ1) is 28.3. The molecule has 2 aromatic carbocycles. The van der Waals surface area contributed by atoms with E-state index in [1.165, 1.54) is 35.5 Å². The van der Waals surface area contributed by atoms with E-state index in [2.05, 4.69) is 44.4 Å². The van der Waals surface area contributed by atoms with Crippen LogP contribution in [0.25, 0.3) is 0 Å². The Hall–Kier alpha value is -2.85. The molecule has 3 atom stereocenters. The molecule has 3 aromatic rings. The zero-order chi connectivity index (χ0) is 28.5. The number of hydrogen-bond acceptors (Lipinski definition) is 4. The number of benzene rings is 2. The number of nitrogens with one attached hydrogen (secondary N) is 1. The molecule has 0 aliphatic carbocycles. The lowest BCUT2D eigenvalue weighted by atomic mass is 9.95. The number of fused-ring (bicyclic) bond motifs is 3. The molecule has 41 heavy (non-hydrogen) atoms. The summed E-state index contributed by atoms with van der Waals surface area (Å²) in [6.07, 6.45) is 10.9. The van der Waals surface area contributed by atoms with Crippen molar-refractivity contribution in [2.45, 2.75) is 57.3 Å². The summed E-state index contributed by atoms with van der Waals surface area (Å²) in [5.74, 6) is 0.818. The zero-order valence-corrected chi connectivity index (χ0v) is 25.2. The van der Waals surface area contributed by atoms with Crippen molar-refractivity contribution in [1.29, 1.82) is 0 Å². The zero-order valence-electron chi connectivity index (χ0n) is 23.5. The van der Waals surface area contributed by atoms with E-state index in [1.54, 1.807) is 41.3 Å². The SMILES string of the molecule is C[SH+]N1CCc2c(nc(C)n2C2C[C@H]3C=C[C@@H](C2)N3CCCN(C(=O)Nc2ccc(Cl)cc2)c2ccc(F)cc2)C1. The van der Waals surface area contributed by atoms with Crippen LogP contribution < -0.4 is 10.2 Å². The summed E-state index contributed by atoms with van der Waals surface area (Å²) in [5, 5.41) is 3.56. The van der Waals surface area contributed by atoms with E-state index in [9.17, 15) is 9.18 Å². The lowest BCUT2D eigenvalue weighted by Gasteiger charge is -2.41. The minimum Gasteiger partial charge on any atom is -0.329 e. The maximum Gasteiger partial charge on any atom is 0.326 e. The Labute approximate surface area is 250 Å². The highest BCUT2D eigenvalue weighted by Crippen LogP contribution is 2.39. The van der Waals surface area contributed by atoms with Gasteiger partial charge in [-0.15, -0.1) is 4.31 Å². The third-order valence-corrected chi connectivity index (χ3v) is 9.73. The monoisotopic (exact) mass is 595 g/mol. The quantitative estimate of drug-likeness (QED) is 0.204. The van der Waals surface area contributed by atoms with Gasteiger partial charge in [-0.2, -0.15) is 0 Å². The number of hydrogen-bond donors (Lipinski definition) is 1. The highest BCUT2D eigenvalue weighted by Gasteiger charge is 2.39. The fourth-order valence-corrected chi connectivity index (χ4v) is 7.34. The maximum atomic E-state index is 13.7. The van der Waals surface area contributed by atoms with Crippen LogP contribution in [0.4, 0.5) is 20.6 Å². The molecule has 0 radical (unpaired) electrons. The van der Waals surface area contributed by atoms with Crippen molar-refractivity contribution in [3.63, 3.8) is 0 Å². The molecule has 0 saturated carbocycles. The van der Waals surface area contributed by atoms with Gasteiger partial charge in [0.15, 0.2) is 0 Å². The van der Waals surface area contributed by atoms with E-state index in [-0.39, 0.29) is 11.8 Å². The standard InChI is InChI=1S/C31H36ClFN6OS/c1-21-34-29-20-36(41-2)17-14-30(29)39(21)28-18-26-12-13-27(19-28)37(26)15-3-16-38(25-10-6-23(33)7-11-25)31(40)35-24-8-4-22(32)5-9-24/h4-13,26-28H,3,14-20H2,1-2H3,(H,35,40)/p+1/t26-,27+,28?. The summed E-state index contributed by atoms with van der Waals surface area (Å²) in [6.45, 7) is 5.60. The minimum absolute atomic E-state index is 0.250. The summed E-state index contributed by atoms with van der Waals surface area (Å²) in [4.78, 5) is 22.6. The third kappa shape index (κ3) is 6.04. The molecule has 2 bridgehead atoms. The van der Waals surface area contributed by atoms with Gasteiger partial charge in [0.05, 0.1) is 30.7 Å². The highest BCUT2D eigenvalue weighted by molar-refractivity contribution is 7.75. The number of carbonyl (C=O) groups excluding carboxylic acids is 1. The molecule has 6 rings (SSSR count). The van der Waals surface area contributed by atoms with Crippen LogP contribution in [0.1, 0.15) is 42.5 Å². The molecule has 3 aliphatic rings. The molecule has 2 amide bonds. The number of aryl methyl sites for hydroxylation is 1. The van der Waals surface area contributed by atoms with Crippen molar-refractivity contribution < 1.29 is 9.18 Å². The fraction of sp³-hybridized carbons (Fsp3) is 0.419. The van der Waals surface area contributed by atoms with Gasteiger partial charge in [-0.05, 0) is 74.7 Å². The molecule has 4 heterocycles. The van der Waals surface area contributed by atoms with Crippen LogP contribution in [0.15, 0.2) is 60.7 Å². The third-order valence-electron chi connectivity index (χ3n) is 8.57. The Morgan fingerprint density at radius 2 is 1.83 bits per heavy atom. The van der Waals surface area contributed by atoms with E-state index in [0.717, 1.165) is 51.1 Å². The van der Waals surface area contributed by atoms with Gasteiger partial charge in [-0.3, -0.25) is 9.80 Å². The topological polar surface area (TPSA) is 56.6 Å². The highest BCUT2D eigenvalue weighted by atomic mass is 35.5. The first-order valence-electron chi connectivity index (χ1n) is 14.3. The van der Waals surface area contributed by atoms with E-state index >= 15 is 0 Å². The Morgan fingerprint density at radius 3 is 2.51 bits per heavy atom. The van der Waals surface area contributed by atoms with Crippen LogP contribution in [-0.4, -0.2) is 62.8 Å². The predicted molar refractivity (Wildman–Crippen MR) is 166 cm³/mol. The Kier molecular flexibility index (Phi) is 8.40. The number of rotatable bonds is 8. The maximum absolute atomic E-state index is 13.7. The number of amides is 2. The van der Waals surface area contributed by atoms with Crippen molar-refractivity contribution in [2.24, 2.45) is 0 Å². The predicted octanol–water partition coefficient (Wildman–Crippen LogP) is 5.77. The summed E-state index contributed by atoms with van der Waals surface area (Å²) in [5.41, 5.74) is 4.01. The van der Waals surface area contributed by atoms with Gasteiger partial charge >= 0.3 is 6.03 Å². The van der Waals surface area contributed by atoms with Crippen molar-refractivity contribution in [3.05, 3.63) is 88.7 Å². The molecule has 1 fully saturated rings. The molecule has 3 aliphatic heterocycles. The van der Waals surface area contributed by atoms with Crippen LogP contribution in [0.2, 0.25) is 5.02 Å². The van der Waals surface area contributed by atoms with Gasteiger partial charge in [-0.1, -0.05) is 23.8 Å². The number of carbonyl (C=O) groups is 1. The molecule has 1 unspecified atom stereocenters. The summed E-state index contributed by atoms with van der Waals surface area (Å²) in [6, 6.07) is 14.1. The molecule has 7 nitrogen and oxygen atoms in total. The summed E-state index contributed by atoms with van der Waals surface area (Å²) in [7, 11) is 0. The van der Waals surface area contributed by atoms with Gasteiger partial charge in [0, 0.05) is 59.7 Å². The van der Waals surface area contributed by atoms with Gasteiger partial charge in [0.25, 0.3) is 0 Å². The smallest absolute Gasteiger partial charge is 0.326 e. The largest absolute Gasteiger partial charge is 0.329 e. The van der Waals surface area contributed by atoms with Crippen LogP contribution in [0.3, 0.4) is 0 Å². The number of urea groups is 1. The summed E-state index contributed by atoms with van der Waals surface area (Å²) >= 11 is 7.32. The molecule has 10 heteroatoms. The second kappa shape index (κ2) is 12.2. The van der Waals surface area contributed by atoms with E-state index in [4.69, 9.17) is 16.6 Å². The van der Waals surface area contributed by atoms with Crippen LogP contribution in [-0.2, 0) is 24.9 Å². The fourth-order valence-electron chi connectivity index (χ4n) is 6.63. The minimum atomic E-state index is -0.325. The average Bonchev–Trinajstić information content (AvgIpc) is 3.42. The number of nitrogens with zero attached hydrogens (tertiary/aromatic N) is 5.